The van der Waals surface area contributed by atoms with Gasteiger partial charge in [-0.1, -0.05) is 13.8 Å². The molecular weight excluding hydrogens is 318 g/mol. The van der Waals surface area contributed by atoms with Crippen molar-refractivity contribution in [3.63, 3.8) is 0 Å². The summed E-state index contributed by atoms with van der Waals surface area (Å²) in [6.45, 7) is 7.63. The normalized spacial score (nSPS) is 20.7. The van der Waals surface area contributed by atoms with Gasteiger partial charge in [-0.3, -0.25) is 14.7 Å². The maximum atomic E-state index is 12.9. The molecule has 0 bridgehead atoms. The van der Waals surface area contributed by atoms with Crippen LogP contribution in [0.15, 0.2) is 0 Å². The molecule has 0 spiro atoms. The van der Waals surface area contributed by atoms with Crippen molar-refractivity contribution < 1.29 is 9.59 Å². The van der Waals surface area contributed by atoms with Crippen molar-refractivity contribution in [2.24, 2.45) is 5.92 Å². The molecule has 1 atom stereocenters. The summed E-state index contributed by atoms with van der Waals surface area (Å²) in [5.74, 6) is 0.349. The first kappa shape index (κ1) is 17.9. The van der Waals surface area contributed by atoms with Gasteiger partial charge in [-0.15, -0.1) is 0 Å². The molecule has 1 saturated heterocycles. The van der Waals surface area contributed by atoms with Crippen molar-refractivity contribution in [1.29, 1.82) is 0 Å². The Morgan fingerprint density at radius 2 is 2.16 bits per heavy atom. The van der Waals surface area contributed by atoms with Crippen LogP contribution < -0.4 is 0 Å². The van der Waals surface area contributed by atoms with Gasteiger partial charge in [0.25, 0.3) is 0 Å². The fourth-order valence-corrected chi connectivity index (χ4v) is 3.72. The minimum Gasteiger partial charge on any atom is -0.341 e. The zero-order valence-electron chi connectivity index (χ0n) is 15.7. The Morgan fingerprint density at radius 1 is 1.40 bits per heavy atom. The molecule has 7 heteroatoms. The zero-order chi connectivity index (χ0) is 18.1. The van der Waals surface area contributed by atoms with Crippen molar-refractivity contribution in [2.75, 3.05) is 40.3 Å². The number of hydrogen-bond acceptors (Lipinski definition) is 4. The molecule has 2 aliphatic heterocycles. The van der Waals surface area contributed by atoms with E-state index in [4.69, 9.17) is 0 Å². The lowest BCUT2D eigenvalue weighted by molar-refractivity contribution is -0.136. The van der Waals surface area contributed by atoms with E-state index in [1.807, 2.05) is 23.9 Å². The van der Waals surface area contributed by atoms with E-state index in [-0.39, 0.29) is 17.7 Å². The summed E-state index contributed by atoms with van der Waals surface area (Å²) in [6, 6.07) is 0. The number of likely N-dealkylation sites (tertiary alicyclic amines) is 1. The molecule has 1 fully saturated rings. The van der Waals surface area contributed by atoms with Gasteiger partial charge in [-0.05, 0) is 20.0 Å². The highest BCUT2D eigenvalue weighted by Gasteiger charge is 2.37. The Hall–Kier alpha value is -1.89. The highest BCUT2D eigenvalue weighted by molar-refractivity contribution is 5.89. The van der Waals surface area contributed by atoms with Gasteiger partial charge in [-0.2, -0.15) is 5.10 Å². The maximum absolute atomic E-state index is 12.9. The Kier molecular flexibility index (Phi) is 5.13. The number of fused-ring (bicyclic) bond motifs is 1. The Morgan fingerprint density at radius 3 is 2.84 bits per heavy atom. The molecule has 0 aromatic carbocycles. The number of aromatic nitrogens is 2. The Labute approximate surface area is 149 Å². The molecule has 1 aromatic rings. The molecule has 3 heterocycles. The summed E-state index contributed by atoms with van der Waals surface area (Å²) >= 11 is 0. The van der Waals surface area contributed by atoms with Crippen LogP contribution in [-0.2, 0) is 22.6 Å². The number of H-pyrrole nitrogens is 1. The molecule has 2 amide bonds. The van der Waals surface area contributed by atoms with E-state index in [2.05, 4.69) is 28.9 Å². The third-order valence-electron chi connectivity index (χ3n) is 5.20. The van der Waals surface area contributed by atoms with Crippen LogP contribution in [0.3, 0.4) is 0 Å². The van der Waals surface area contributed by atoms with Crippen LogP contribution in [-0.4, -0.2) is 77.0 Å². The molecule has 2 aliphatic rings. The molecule has 1 aromatic heterocycles. The van der Waals surface area contributed by atoms with Crippen molar-refractivity contribution in [3.05, 3.63) is 17.0 Å². The van der Waals surface area contributed by atoms with E-state index in [1.54, 1.807) is 0 Å². The fourth-order valence-electron chi connectivity index (χ4n) is 3.72. The number of aromatic amines is 1. The van der Waals surface area contributed by atoms with E-state index >= 15 is 0 Å². The number of rotatable bonds is 5. The second-order valence-electron chi connectivity index (χ2n) is 7.77. The Balaban J connectivity index is 1.64. The highest BCUT2D eigenvalue weighted by Crippen LogP contribution is 2.28. The van der Waals surface area contributed by atoms with Crippen molar-refractivity contribution >= 4 is 11.8 Å². The molecule has 0 aliphatic carbocycles. The average molecular weight is 347 g/mol. The largest absolute Gasteiger partial charge is 0.341 e. The highest BCUT2D eigenvalue weighted by atomic mass is 16.2. The third kappa shape index (κ3) is 3.71. The quantitative estimate of drug-likeness (QED) is 0.856. The summed E-state index contributed by atoms with van der Waals surface area (Å²) < 4.78 is 0. The van der Waals surface area contributed by atoms with Crippen LogP contribution in [0.25, 0.3) is 0 Å². The van der Waals surface area contributed by atoms with Gasteiger partial charge < -0.3 is 14.7 Å². The van der Waals surface area contributed by atoms with Gasteiger partial charge in [0.05, 0.1) is 11.6 Å². The standard InChI is InChI=1S/C18H29N5O2/c1-12(2)17-14-11-23(6-5-15(14)19-20-17)18(25)13-9-16(24)22(10-13)8-7-21(3)4/h12-13H,5-11H2,1-4H3,(H,19,20)/t13-/m0/s1. The number of amides is 2. The van der Waals surface area contributed by atoms with Gasteiger partial charge in [0.15, 0.2) is 0 Å². The topological polar surface area (TPSA) is 72.5 Å². The lowest BCUT2D eigenvalue weighted by Gasteiger charge is -2.29. The minimum atomic E-state index is -0.203. The SMILES string of the molecule is CC(C)c1n[nH]c2c1CN(C(=O)[C@H]1CC(=O)N(CCN(C)C)C1)CC2. The molecule has 3 rings (SSSR count). The lowest BCUT2D eigenvalue weighted by Crippen LogP contribution is -2.41. The van der Waals surface area contributed by atoms with Gasteiger partial charge in [-0.25, -0.2) is 0 Å². The zero-order valence-corrected chi connectivity index (χ0v) is 15.7. The number of nitrogens with zero attached hydrogens (tertiary/aromatic N) is 4. The molecule has 7 nitrogen and oxygen atoms in total. The van der Waals surface area contributed by atoms with Crippen molar-refractivity contribution in [2.45, 2.75) is 39.2 Å². The summed E-state index contributed by atoms with van der Waals surface area (Å²) in [6.07, 6.45) is 1.16. The van der Waals surface area contributed by atoms with Gasteiger partial charge in [0, 0.05) is 56.8 Å². The summed E-state index contributed by atoms with van der Waals surface area (Å²) in [5, 5.41) is 7.55. The number of carbonyl (C=O) groups excluding carboxylic acids is 2. The molecule has 1 N–H and O–H groups in total. The van der Waals surface area contributed by atoms with E-state index in [9.17, 15) is 9.59 Å². The first-order chi connectivity index (χ1) is 11.9. The van der Waals surface area contributed by atoms with Crippen LogP contribution >= 0.6 is 0 Å². The summed E-state index contributed by atoms with van der Waals surface area (Å²) in [7, 11) is 3.98. The minimum absolute atomic E-state index is 0.101. The van der Waals surface area contributed by atoms with Gasteiger partial charge >= 0.3 is 0 Å². The van der Waals surface area contributed by atoms with Gasteiger partial charge in [0.2, 0.25) is 11.8 Å². The molecule has 138 valence electrons. The second kappa shape index (κ2) is 7.15. The lowest BCUT2D eigenvalue weighted by atomic mass is 9.98. The number of likely N-dealkylation sites (N-methyl/N-ethyl adjacent to an activating group) is 1. The second-order valence-corrected chi connectivity index (χ2v) is 7.77. The predicted octanol–water partition coefficient (Wildman–Crippen LogP) is 0.828. The van der Waals surface area contributed by atoms with Crippen molar-refractivity contribution in [3.8, 4) is 0 Å². The monoisotopic (exact) mass is 347 g/mol. The van der Waals surface area contributed by atoms with E-state index in [1.165, 1.54) is 5.56 Å². The number of carbonyl (C=O) groups is 2. The van der Waals surface area contributed by atoms with Crippen molar-refractivity contribution in [1.82, 2.24) is 24.9 Å². The summed E-state index contributed by atoms with van der Waals surface area (Å²) in [4.78, 5) is 31.0. The average Bonchev–Trinajstić information content (AvgIpc) is 3.15. The van der Waals surface area contributed by atoms with Crippen LogP contribution in [0.4, 0.5) is 0 Å². The third-order valence-corrected chi connectivity index (χ3v) is 5.20. The van der Waals surface area contributed by atoms with E-state index in [0.717, 1.165) is 24.4 Å². The molecule has 25 heavy (non-hydrogen) atoms. The van der Waals surface area contributed by atoms with Gasteiger partial charge in [0.1, 0.15) is 0 Å². The molecule has 0 saturated carbocycles. The molecule has 0 unspecified atom stereocenters. The number of nitrogens with one attached hydrogen (secondary N) is 1. The summed E-state index contributed by atoms with van der Waals surface area (Å²) in [5.41, 5.74) is 3.38. The van der Waals surface area contributed by atoms with Crippen LogP contribution in [0.5, 0.6) is 0 Å². The smallest absolute Gasteiger partial charge is 0.228 e. The molecular formula is C18H29N5O2. The molecule has 0 radical (unpaired) electrons. The predicted molar refractivity (Wildman–Crippen MR) is 95.0 cm³/mol. The van der Waals surface area contributed by atoms with Crippen LogP contribution in [0.2, 0.25) is 0 Å². The fraction of sp³-hybridized carbons (Fsp3) is 0.722. The number of hydrogen-bond donors (Lipinski definition) is 1. The Bertz CT molecular complexity index is 652. The maximum Gasteiger partial charge on any atom is 0.228 e. The van der Waals surface area contributed by atoms with Crippen LogP contribution in [0, 0.1) is 5.92 Å². The first-order valence-electron chi connectivity index (χ1n) is 9.14. The van der Waals surface area contributed by atoms with Crippen LogP contribution in [0.1, 0.15) is 43.1 Å². The first-order valence-corrected chi connectivity index (χ1v) is 9.14. The van der Waals surface area contributed by atoms with E-state index in [0.29, 0.717) is 38.5 Å². The van der Waals surface area contributed by atoms with E-state index < -0.39 is 0 Å².